The Morgan fingerprint density at radius 2 is 2.00 bits per heavy atom. The largest absolute Gasteiger partial charge is 0.318 e. The van der Waals surface area contributed by atoms with Gasteiger partial charge in [-0.15, -0.1) is 0 Å². The number of nitrogens with zero attached hydrogens (tertiary/aromatic N) is 1. The highest BCUT2D eigenvalue weighted by Gasteiger charge is 1.97. The summed E-state index contributed by atoms with van der Waals surface area (Å²) in [5, 5.41) is 3.15. The molecule has 0 unspecified atom stereocenters. The summed E-state index contributed by atoms with van der Waals surface area (Å²) in [6.45, 7) is 9.13. The maximum absolute atomic E-state index is 3.15. The lowest BCUT2D eigenvalue weighted by Crippen LogP contribution is -2.31. The minimum atomic E-state index is 0. The standard InChI is InChI=1S/C8H20N2.H2/c1-4-7-10(5-2)8-6-9-3;/h9H,4-8H2,1-3H3;1H. The second kappa shape index (κ2) is 7.03. The average molecular weight is 146 g/mol. The van der Waals surface area contributed by atoms with E-state index >= 15 is 0 Å². The number of hydrogen-bond acceptors (Lipinski definition) is 2. The van der Waals surface area contributed by atoms with Crippen LogP contribution in [-0.2, 0) is 0 Å². The van der Waals surface area contributed by atoms with Gasteiger partial charge in [0.2, 0.25) is 0 Å². The molecule has 0 heterocycles. The van der Waals surface area contributed by atoms with Crippen LogP contribution in [0, 0.1) is 0 Å². The Kier molecular flexibility index (Phi) is 6.98. The molecule has 64 valence electrons. The summed E-state index contributed by atoms with van der Waals surface area (Å²) >= 11 is 0. The molecule has 0 amide bonds. The molecule has 0 aliphatic rings. The zero-order chi connectivity index (χ0) is 7.82. The topological polar surface area (TPSA) is 15.3 Å². The monoisotopic (exact) mass is 146 g/mol. The molecule has 0 aromatic carbocycles. The summed E-state index contributed by atoms with van der Waals surface area (Å²) in [5.41, 5.74) is 0. The van der Waals surface area contributed by atoms with Crippen LogP contribution in [0.25, 0.3) is 0 Å². The fourth-order valence-electron chi connectivity index (χ4n) is 1.01. The lowest BCUT2D eigenvalue weighted by Gasteiger charge is -2.18. The van der Waals surface area contributed by atoms with Gasteiger partial charge >= 0.3 is 0 Å². The van der Waals surface area contributed by atoms with Crippen molar-refractivity contribution in [2.75, 3.05) is 33.2 Å². The second-order valence-corrected chi connectivity index (χ2v) is 2.54. The van der Waals surface area contributed by atoms with Crippen LogP contribution in [0.1, 0.15) is 21.7 Å². The van der Waals surface area contributed by atoms with Crippen molar-refractivity contribution >= 4 is 0 Å². The lowest BCUT2D eigenvalue weighted by atomic mass is 10.4. The van der Waals surface area contributed by atoms with Crippen LogP contribution in [0.15, 0.2) is 0 Å². The zero-order valence-electron chi connectivity index (χ0n) is 7.48. The molecular formula is C8H22N2. The third-order valence-electron chi connectivity index (χ3n) is 1.67. The van der Waals surface area contributed by atoms with E-state index in [-0.39, 0.29) is 1.43 Å². The van der Waals surface area contributed by atoms with Gasteiger partial charge in [0.05, 0.1) is 0 Å². The minimum Gasteiger partial charge on any atom is -0.318 e. The quantitative estimate of drug-likeness (QED) is 0.605. The first kappa shape index (κ1) is 9.92. The summed E-state index contributed by atoms with van der Waals surface area (Å²) in [6, 6.07) is 0. The van der Waals surface area contributed by atoms with Crippen molar-refractivity contribution in [1.82, 2.24) is 10.2 Å². The van der Waals surface area contributed by atoms with Gasteiger partial charge in [0.15, 0.2) is 0 Å². The Hall–Kier alpha value is -0.0800. The Morgan fingerprint density at radius 3 is 2.40 bits per heavy atom. The molecule has 0 saturated heterocycles. The molecule has 0 aliphatic heterocycles. The van der Waals surface area contributed by atoms with Gasteiger partial charge in [-0.25, -0.2) is 0 Å². The Morgan fingerprint density at radius 1 is 1.30 bits per heavy atom. The van der Waals surface area contributed by atoms with Crippen molar-refractivity contribution in [3.8, 4) is 0 Å². The molecule has 0 saturated carbocycles. The van der Waals surface area contributed by atoms with Crippen molar-refractivity contribution in [3.63, 3.8) is 0 Å². The fraction of sp³-hybridized carbons (Fsp3) is 1.00. The van der Waals surface area contributed by atoms with Crippen LogP contribution in [0.4, 0.5) is 0 Å². The van der Waals surface area contributed by atoms with E-state index in [1.807, 2.05) is 7.05 Å². The van der Waals surface area contributed by atoms with E-state index in [4.69, 9.17) is 0 Å². The van der Waals surface area contributed by atoms with E-state index in [1.54, 1.807) is 0 Å². The molecule has 0 aliphatic carbocycles. The highest BCUT2D eigenvalue weighted by molar-refractivity contribution is 4.54. The molecule has 0 atom stereocenters. The maximum atomic E-state index is 3.15. The van der Waals surface area contributed by atoms with E-state index in [9.17, 15) is 0 Å². The summed E-state index contributed by atoms with van der Waals surface area (Å²) in [6.07, 6.45) is 1.26. The number of hydrogen-bond donors (Lipinski definition) is 1. The predicted molar refractivity (Wildman–Crippen MR) is 48.4 cm³/mol. The van der Waals surface area contributed by atoms with Crippen LogP contribution >= 0.6 is 0 Å². The van der Waals surface area contributed by atoms with Crippen molar-refractivity contribution in [2.45, 2.75) is 20.3 Å². The number of rotatable bonds is 6. The molecular weight excluding hydrogens is 124 g/mol. The molecule has 0 aromatic rings. The van der Waals surface area contributed by atoms with Gasteiger partial charge in [0.1, 0.15) is 0 Å². The number of likely N-dealkylation sites (N-methyl/N-ethyl adjacent to an activating group) is 2. The first-order valence-electron chi connectivity index (χ1n) is 4.22. The van der Waals surface area contributed by atoms with E-state index in [1.165, 1.54) is 26.1 Å². The smallest absolute Gasteiger partial charge is 0.0107 e. The first-order chi connectivity index (χ1) is 4.85. The molecule has 1 N–H and O–H groups in total. The highest BCUT2D eigenvalue weighted by Crippen LogP contribution is 1.88. The summed E-state index contributed by atoms with van der Waals surface area (Å²) in [4.78, 5) is 2.45. The van der Waals surface area contributed by atoms with Crippen LogP contribution in [0.5, 0.6) is 0 Å². The molecule has 0 bridgehead atoms. The van der Waals surface area contributed by atoms with Crippen molar-refractivity contribution in [2.24, 2.45) is 0 Å². The molecule has 10 heavy (non-hydrogen) atoms. The summed E-state index contributed by atoms with van der Waals surface area (Å²) < 4.78 is 0. The van der Waals surface area contributed by atoms with Crippen molar-refractivity contribution in [3.05, 3.63) is 0 Å². The first-order valence-corrected chi connectivity index (χ1v) is 4.22. The van der Waals surface area contributed by atoms with Crippen LogP contribution in [-0.4, -0.2) is 38.1 Å². The van der Waals surface area contributed by atoms with Gasteiger partial charge in [0, 0.05) is 14.5 Å². The molecule has 0 spiro atoms. The van der Waals surface area contributed by atoms with Crippen LogP contribution in [0.2, 0.25) is 0 Å². The minimum absolute atomic E-state index is 0. The Balaban J connectivity index is 0. The van der Waals surface area contributed by atoms with Gasteiger partial charge in [-0.3, -0.25) is 0 Å². The highest BCUT2D eigenvalue weighted by atomic mass is 15.1. The Bertz CT molecular complexity index is 69.1. The van der Waals surface area contributed by atoms with E-state index < -0.39 is 0 Å². The lowest BCUT2D eigenvalue weighted by molar-refractivity contribution is 0.290. The van der Waals surface area contributed by atoms with Crippen LogP contribution in [0.3, 0.4) is 0 Å². The molecule has 2 heteroatoms. The van der Waals surface area contributed by atoms with Gasteiger partial charge in [-0.05, 0) is 26.6 Å². The SMILES string of the molecule is CCCN(CC)CCNC.[HH]. The number of nitrogens with one attached hydrogen (secondary N) is 1. The summed E-state index contributed by atoms with van der Waals surface area (Å²) in [5.74, 6) is 0. The fourth-order valence-corrected chi connectivity index (χ4v) is 1.01. The zero-order valence-corrected chi connectivity index (χ0v) is 7.48. The van der Waals surface area contributed by atoms with E-state index in [2.05, 4.69) is 24.1 Å². The molecule has 0 rings (SSSR count). The molecule has 2 nitrogen and oxygen atoms in total. The van der Waals surface area contributed by atoms with Crippen molar-refractivity contribution < 1.29 is 1.43 Å². The Labute approximate surface area is 66.1 Å². The summed E-state index contributed by atoms with van der Waals surface area (Å²) in [7, 11) is 2.00. The van der Waals surface area contributed by atoms with Gasteiger partial charge < -0.3 is 10.2 Å². The normalized spacial score (nSPS) is 10.8. The third kappa shape index (κ3) is 4.77. The van der Waals surface area contributed by atoms with Crippen LogP contribution < -0.4 is 5.32 Å². The van der Waals surface area contributed by atoms with Gasteiger partial charge in [0.25, 0.3) is 0 Å². The van der Waals surface area contributed by atoms with E-state index in [0.717, 1.165) is 6.54 Å². The van der Waals surface area contributed by atoms with Gasteiger partial charge in [-0.1, -0.05) is 13.8 Å². The molecule has 0 fully saturated rings. The third-order valence-corrected chi connectivity index (χ3v) is 1.67. The van der Waals surface area contributed by atoms with E-state index in [0.29, 0.717) is 0 Å². The molecule has 0 aromatic heterocycles. The maximum Gasteiger partial charge on any atom is 0.0107 e. The average Bonchev–Trinajstić information content (AvgIpc) is 1.98. The molecule has 0 radical (unpaired) electrons. The van der Waals surface area contributed by atoms with Gasteiger partial charge in [-0.2, -0.15) is 0 Å². The van der Waals surface area contributed by atoms with Crippen molar-refractivity contribution in [1.29, 1.82) is 0 Å². The predicted octanol–water partition coefficient (Wildman–Crippen LogP) is 1.18. The second-order valence-electron chi connectivity index (χ2n) is 2.54.